The van der Waals surface area contributed by atoms with Crippen LogP contribution >= 0.6 is 0 Å². The number of alkyl carbamates (subject to hydrolysis) is 1. The Balaban J connectivity index is 1.60. The molecule has 1 N–H and O–H groups in total. The van der Waals surface area contributed by atoms with Crippen LogP contribution in [0.25, 0.3) is 0 Å². The average molecular weight is 336 g/mol. The first kappa shape index (κ1) is 18.7. The first-order valence-corrected chi connectivity index (χ1v) is 8.75. The van der Waals surface area contributed by atoms with Gasteiger partial charge in [-0.25, -0.2) is 9.18 Å². The molecule has 1 heterocycles. The summed E-state index contributed by atoms with van der Waals surface area (Å²) in [4.78, 5) is 14.0. The minimum atomic E-state index is -0.448. The van der Waals surface area contributed by atoms with E-state index in [1.54, 1.807) is 0 Å². The fourth-order valence-corrected chi connectivity index (χ4v) is 3.04. The molecule has 1 atom stereocenters. The van der Waals surface area contributed by atoms with Gasteiger partial charge in [0.05, 0.1) is 0 Å². The SMILES string of the molecule is CC(C)(C)OC(=O)NCCCC1CCN(Cc2ccc(F)cc2)C1. The summed E-state index contributed by atoms with van der Waals surface area (Å²) in [5, 5.41) is 2.81. The summed E-state index contributed by atoms with van der Waals surface area (Å²) in [5.74, 6) is 0.487. The van der Waals surface area contributed by atoms with E-state index in [0.717, 1.165) is 38.0 Å². The first-order chi connectivity index (χ1) is 11.3. The Hall–Kier alpha value is -1.62. The predicted molar refractivity (Wildman–Crippen MR) is 93.3 cm³/mol. The third kappa shape index (κ3) is 6.87. The standard InChI is InChI=1S/C19H29FN2O2/c1-19(2,3)24-18(23)21-11-4-5-15-10-12-22(13-15)14-16-6-8-17(20)9-7-16/h6-9,15H,4-5,10-14H2,1-3H3,(H,21,23). The van der Waals surface area contributed by atoms with Crippen LogP contribution in [0, 0.1) is 11.7 Å². The molecule has 1 aromatic carbocycles. The van der Waals surface area contributed by atoms with Crippen molar-refractivity contribution in [3.8, 4) is 0 Å². The molecule has 1 aliphatic rings. The summed E-state index contributed by atoms with van der Waals surface area (Å²) < 4.78 is 18.1. The molecule has 0 spiro atoms. The molecule has 24 heavy (non-hydrogen) atoms. The minimum absolute atomic E-state index is 0.185. The lowest BCUT2D eigenvalue weighted by Gasteiger charge is -2.20. The van der Waals surface area contributed by atoms with Gasteiger partial charge in [0.15, 0.2) is 0 Å². The monoisotopic (exact) mass is 336 g/mol. The third-order valence-electron chi connectivity index (χ3n) is 4.15. The summed E-state index contributed by atoms with van der Waals surface area (Å²) in [7, 11) is 0. The lowest BCUT2D eigenvalue weighted by Crippen LogP contribution is -2.33. The van der Waals surface area contributed by atoms with E-state index in [1.807, 2.05) is 32.9 Å². The fourth-order valence-electron chi connectivity index (χ4n) is 3.04. The molecule has 0 radical (unpaired) electrons. The van der Waals surface area contributed by atoms with Gasteiger partial charge in [-0.3, -0.25) is 4.90 Å². The molecule has 0 bridgehead atoms. The van der Waals surface area contributed by atoms with Gasteiger partial charge in [0.25, 0.3) is 0 Å². The topological polar surface area (TPSA) is 41.6 Å². The third-order valence-corrected chi connectivity index (χ3v) is 4.15. The Labute approximate surface area is 144 Å². The van der Waals surface area contributed by atoms with Crippen LogP contribution in [0.1, 0.15) is 45.6 Å². The van der Waals surface area contributed by atoms with Crippen molar-refractivity contribution in [2.24, 2.45) is 5.92 Å². The Bertz CT molecular complexity index is 525. The zero-order valence-corrected chi connectivity index (χ0v) is 15.0. The highest BCUT2D eigenvalue weighted by Crippen LogP contribution is 2.22. The molecule has 2 rings (SSSR count). The summed E-state index contributed by atoms with van der Waals surface area (Å²) in [6.45, 7) is 9.28. The van der Waals surface area contributed by atoms with Gasteiger partial charge < -0.3 is 10.1 Å². The van der Waals surface area contributed by atoms with Gasteiger partial charge in [0.2, 0.25) is 0 Å². The minimum Gasteiger partial charge on any atom is -0.444 e. The molecule has 1 aliphatic heterocycles. The average Bonchev–Trinajstić information content (AvgIpc) is 2.92. The number of ether oxygens (including phenoxy) is 1. The first-order valence-electron chi connectivity index (χ1n) is 8.75. The molecule has 4 nitrogen and oxygen atoms in total. The van der Waals surface area contributed by atoms with E-state index in [9.17, 15) is 9.18 Å². The highest BCUT2D eigenvalue weighted by Gasteiger charge is 2.22. The molecule has 1 amide bonds. The zero-order valence-electron chi connectivity index (χ0n) is 15.0. The Morgan fingerprint density at radius 3 is 2.71 bits per heavy atom. The smallest absolute Gasteiger partial charge is 0.407 e. The van der Waals surface area contributed by atoms with E-state index in [0.29, 0.717) is 12.5 Å². The highest BCUT2D eigenvalue weighted by atomic mass is 19.1. The van der Waals surface area contributed by atoms with Crippen molar-refractivity contribution in [2.75, 3.05) is 19.6 Å². The fraction of sp³-hybridized carbons (Fsp3) is 0.632. The lowest BCUT2D eigenvalue weighted by molar-refractivity contribution is 0.0526. The van der Waals surface area contributed by atoms with Gasteiger partial charge in [-0.15, -0.1) is 0 Å². The summed E-state index contributed by atoms with van der Waals surface area (Å²) in [6, 6.07) is 6.75. The van der Waals surface area contributed by atoms with E-state index in [2.05, 4.69) is 10.2 Å². The molecular formula is C19H29FN2O2. The highest BCUT2D eigenvalue weighted by molar-refractivity contribution is 5.67. The summed E-state index contributed by atoms with van der Waals surface area (Å²) in [6.07, 6.45) is 2.92. The van der Waals surface area contributed by atoms with Crippen molar-refractivity contribution in [1.82, 2.24) is 10.2 Å². The number of carbonyl (C=O) groups excluding carboxylic acids is 1. The van der Waals surface area contributed by atoms with Crippen LogP contribution in [0.15, 0.2) is 24.3 Å². The second kappa shape index (κ2) is 8.47. The second-order valence-electron chi connectivity index (χ2n) is 7.59. The molecule has 0 aliphatic carbocycles. The maximum atomic E-state index is 12.9. The number of nitrogens with zero attached hydrogens (tertiary/aromatic N) is 1. The molecule has 134 valence electrons. The summed E-state index contributed by atoms with van der Waals surface area (Å²) >= 11 is 0. The van der Waals surface area contributed by atoms with Crippen molar-refractivity contribution >= 4 is 6.09 Å². The van der Waals surface area contributed by atoms with Gasteiger partial charge in [-0.05, 0) is 70.2 Å². The number of nitrogens with one attached hydrogen (secondary N) is 1. The summed E-state index contributed by atoms with van der Waals surface area (Å²) in [5.41, 5.74) is 0.708. The molecule has 1 fully saturated rings. The van der Waals surface area contributed by atoms with E-state index in [4.69, 9.17) is 4.74 Å². The van der Waals surface area contributed by atoms with Gasteiger partial charge in [-0.2, -0.15) is 0 Å². The van der Waals surface area contributed by atoms with E-state index >= 15 is 0 Å². The van der Waals surface area contributed by atoms with Crippen LogP contribution < -0.4 is 5.32 Å². The molecule has 1 unspecified atom stereocenters. The van der Waals surface area contributed by atoms with Crippen molar-refractivity contribution in [3.63, 3.8) is 0 Å². The van der Waals surface area contributed by atoms with Crippen LogP contribution in [0.2, 0.25) is 0 Å². The molecule has 5 heteroatoms. The Kier molecular flexibility index (Phi) is 6.60. The number of carbonyl (C=O) groups is 1. The normalized spacial score (nSPS) is 18.6. The van der Waals surface area contributed by atoms with Gasteiger partial charge in [0, 0.05) is 19.6 Å². The van der Waals surface area contributed by atoms with E-state index in [-0.39, 0.29) is 11.9 Å². The molecule has 0 saturated carbocycles. The number of hydrogen-bond acceptors (Lipinski definition) is 3. The van der Waals surface area contributed by atoms with Crippen molar-refractivity contribution in [2.45, 2.75) is 52.2 Å². The molecule has 1 saturated heterocycles. The Morgan fingerprint density at radius 2 is 2.04 bits per heavy atom. The van der Waals surface area contributed by atoms with Crippen molar-refractivity contribution < 1.29 is 13.9 Å². The number of benzene rings is 1. The van der Waals surface area contributed by atoms with Gasteiger partial charge in [0.1, 0.15) is 11.4 Å². The number of rotatable bonds is 6. The van der Waals surface area contributed by atoms with Crippen molar-refractivity contribution in [3.05, 3.63) is 35.6 Å². The van der Waals surface area contributed by atoms with Gasteiger partial charge in [-0.1, -0.05) is 12.1 Å². The number of amides is 1. The molecule has 0 aromatic heterocycles. The predicted octanol–water partition coefficient (Wildman–Crippen LogP) is 3.95. The number of halogens is 1. The van der Waals surface area contributed by atoms with Crippen LogP contribution in [-0.2, 0) is 11.3 Å². The second-order valence-corrected chi connectivity index (χ2v) is 7.59. The van der Waals surface area contributed by atoms with Crippen LogP contribution in [0.3, 0.4) is 0 Å². The number of hydrogen-bond donors (Lipinski definition) is 1. The van der Waals surface area contributed by atoms with Crippen LogP contribution in [0.5, 0.6) is 0 Å². The maximum absolute atomic E-state index is 12.9. The van der Waals surface area contributed by atoms with Crippen LogP contribution in [-0.4, -0.2) is 36.2 Å². The van der Waals surface area contributed by atoms with Crippen LogP contribution in [0.4, 0.5) is 9.18 Å². The largest absolute Gasteiger partial charge is 0.444 e. The quantitative estimate of drug-likeness (QED) is 0.800. The lowest BCUT2D eigenvalue weighted by atomic mass is 10.0. The van der Waals surface area contributed by atoms with E-state index in [1.165, 1.54) is 18.6 Å². The van der Waals surface area contributed by atoms with E-state index < -0.39 is 5.60 Å². The molecular weight excluding hydrogens is 307 g/mol. The Morgan fingerprint density at radius 1 is 1.33 bits per heavy atom. The molecule has 1 aromatic rings. The zero-order chi connectivity index (χ0) is 17.6. The van der Waals surface area contributed by atoms with Crippen molar-refractivity contribution in [1.29, 1.82) is 0 Å². The number of likely N-dealkylation sites (tertiary alicyclic amines) is 1. The van der Waals surface area contributed by atoms with Gasteiger partial charge >= 0.3 is 6.09 Å². The maximum Gasteiger partial charge on any atom is 0.407 e.